The van der Waals surface area contributed by atoms with Crippen molar-refractivity contribution in [3.8, 4) is 16.9 Å². The van der Waals surface area contributed by atoms with E-state index in [1.54, 1.807) is 46.6 Å². The highest BCUT2D eigenvalue weighted by molar-refractivity contribution is 7.09. The minimum absolute atomic E-state index is 0.199. The number of aryl methyl sites for hydroxylation is 1. The molecule has 3 heterocycles. The van der Waals surface area contributed by atoms with Crippen molar-refractivity contribution >= 4 is 17.2 Å². The number of thiazole rings is 1. The van der Waals surface area contributed by atoms with Gasteiger partial charge in [-0.25, -0.2) is 14.1 Å². The Labute approximate surface area is 189 Å². The Morgan fingerprint density at radius 1 is 1.16 bits per heavy atom. The first-order chi connectivity index (χ1) is 15.7. The molecule has 3 aromatic heterocycles. The van der Waals surface area contributed by atoms with Gasteiger partial charge in [-0.05, 0) is 49.9 Å². The van der Waals surface area contributed by atoms with Crippen molar-refractivity contribution in [1.29, 1.82) is 0 Å². The molecule has 32 heavy (non-hydrogen) atoms. The fourth-order valence-electron chi connectivity index (χ4n) is 4.05. The van der Waals surface area contributed by atoms with Crippen LogP contribution in [0.1, 0.15) is 39.6 Å². The first-order valence-electron chi connectivity index (χ1n) is 10.7. The third-order valence-electron chi connectivity index (χ3n) is 5.61. The molecule has 1 aliphatic rings. The fraction of sp³-hybridized carbons (Fsp3) is 0.250. The van der Waals surface area contributed by atoms with Crippen LogP contribution in [0.25, 0.3) is 16.9 Å². The van der Waals surface area contributed by atoms with Crippen LogP contribution in [0.15, 0.2) is 54.2 Å². The van der Waals surface area contributed by atoms with Crippen LogP contribution in [0.2, 0.25) is 0 Å². The molecule has 0 atom stereocenters. The van der Waals surface area contributed by atoms with Crippen molar-refractivity contribution in [3.05, 3.63) is 81.9 Å². The lowest BCUT2D eigenvalue weighted by molar-refractivity contribution is 0.0947. The molecule has 0 fully saturated rings. The van der Waals surface area contributed by atoms with Crippen molar-refractivity contribution in [3.63, 3.8) is 0 Å². The topological polar surface area (TPSA) is 72.7 Å². The standard InChI is InChI=1S/C24H22FN5OS/c25-18-6-1-2-7-21(18)30-20-8-3-5-17(20)23(29-30)24(31)27-12-4-9-22-28-19(15-32-22)16-10-13-26-14-11-16/h1-2,6-7,10-11,13-15H,3-5,8-9,12H2,(H,27,31). The molecule has 162 valence electrons. The van der Waals surface area contributed by atoms with E-state index in [1.165, 1.54) is 6.07 Å². The van der Waals surface area contributed by atoms with Gasteiger partial charge >= 0.3 is 0 Å². The summed E-state index contributed by atoms with van der Waals surface area (Å²) in [7, 11) is 0. The Bertz CT molecular complexity index is 1250. The Balaban J connectivity index is 1.22. The second kappa shape index (κ2) is 9.00. The van der Waals surface area contributed by atoms with Gasteiger partial charge in [0.1, 0.15) is 11.5 Å². The minimum atomic E-state index is -0.341. The zero-order valence-electron chi connectivity index (χ0n) is 17.4. The second-order valence-electron chi connectivity index (χ2n) is 7.71. The SMILES string of the molecule is O=C(NCCCc1nc(-c2ccncc2)cs1)c1nn(-c2ccccc2F)c2c1CCC2. The number of carbonyl (C=O) groups is 1. The van der Waals surface area contributed by atoms with Crippen LogP contribution in [-0.2, 0) is 19.3 Å². The predicted octanol–water partition coefficient (Wildman–Crippen LogP) is 4.38. The number of hydrogen-bond donors (Lipinski definition) is 1. The summed E-state index contributed by atoms with van der Waals surface area (Å²) in [5.74, 6) is -0.541. The van der Waals surface area contributed by atoms with Crippen LogP contribution in [0.5, 0.6) is 0 Å². The summed E-state index contributed by atoms with van der Waals surface area (Å²) < 4.78 is 15.9. The van der Waals surface area contributed by atoms with Gasteiger partial charge in [-0.3, -0.25) is 9.78 Å². The average Bonchev–Trinajstić information content (AvgIpc) is 3.55. The maximum Gasteiger partial charge on any atom is 0.272 e. The van der Waals surface area contributed by atoms with Gasteiger partial charge in [0.2, 0.25) is 0 Å². The summed E-state index contributed by atoms with van der Waals surface area (Å²) in [6.45, 7) is 0.532. The number of hydrogen-bond acceptors (Lipinski definition) is 5. The van der Waals surface area contributed by atoms with Crippen LogP contribution in [0.3, 0.4) is 0 Å². The summed E-state index contributed by atoms with van der Waals surface area (Å²) in [5.41, 5.74) is 4.67. The lowest BCUT2D eigenvalue weighted by Gasteiger charge is -2.06. The van der Waals surface area contributed by atoms with Crippen molar-refractivity contribution in [2.45, 2.75) is 32.1 Å². The third-order valence-corrected chi connectivity index (χ3v) is 6.52. The third kappa shape index (κ3) is 4.05. The minimum Gasteiger partial charge on any atom is -0.351 e. The van der Waals surface area contributed by atoms with Gasteiger partial charge in [0, 0.05) is 47.6 Å². The molecule has 5 rings (SSSR count). The number of halogens is 1. The zero-order chi connectivity index (χ0) is 21.9. The summed E-state index contributed by atoms with van der Waals surface area (Å²) in [6.07, 6.45) is 7.63. The molecular weight excluding hydrogens is 425 g/mol. The average molecular weight is 448 g/mol. The number of nitrogens with one attached hydrogen (secondary N) is 1. The van der Waals surface area contributed by atoms with Crippen molar-refractivity contribution in [1.82, 2.24) is 25.1 Å². The molecule has 1 amide bonds. The lowest BCUT2D eigenvalue weighted by Crippen LogP contribution is -2.26. The number of benzene rings is 1. The molecule has 0 radical (unpaired) electrons. The van der Waals surface area contributed by atoms with Crippen LogP contribution in [0.4, 0.5) is 4.39 Å². The molecule has 8 heteroatoms. The summed E-state index contributed by atoms with van der Waals surface area (Å²) in [4.78, 5) is 21.5. The van der Waals surface area contributed by atoms with Gasteiger partial charge in [-0.1, -0.05) is 12.1 Å². The van der Waals surface area contributed by atoms with Crippen LogP contribution >= 0.6 is 11.3 Å². The first-order valence-corrected chi connectivity index (χ1v) is 11.6. The van der Waals surface area contributed by atoms with Gasteiger partial charge < -0.3 is 5.32 Å². The van der Waals surface area contributed by atoms with E-state index < -0.39 is 0 Å². The Morgan fingerprint density at radius 3 is 2.84 bits per heavy atom. The number of nitrogens with zero attached hydrogens (tertiary/aromatic N) is 4. The summed E-state index contributed by atoms with van der Waals surface area (Å²) in [5, 5.41) is 10.5. The second-order valence-corrected chi connectivity index (χ2v) is 8.66. The maximum atomic E-state index is 14.3. The highest BCUT2D eigenvalue weighted by Gasteiger charge is 2.27. The monoisotopic (exact) mass is 447 g/mol. The number of carbonyl (C=O) groups excluding carboxylic acids is 1. The number of pyridine rings is 1. The van der Waals surface area contributed by atoms with E-state index in [0.29, 0.717) is 17.9 Å². The van der Waals surface area contributed by atoms with E-state index in [2.05, 4.69) is 20.4 Å². The predicted molar refractivity (Wildman–Crippen MR) is 122 cm³/mol. The molecule has 0 aliphatic heterocycles. The molecule has 0 saturated carbocycles. The molecule has 0 spiro atoms. The van der Waals surface area contributed by atoms with Gasteiger partial charge in [-0.15, -0.1) is 11.3 Å². The largest absolute Gasteiger partial charge is 0.351 e. The van der Waals surface area contributed by atoms with E-state index in [-0.39, 0.29) is 11.7 Å². The normalized spacial score (nSPS) is 12.7. The van der Waals surface area contributed by atoms with Crippen LogP contribution in [-0.4, -0.2) is 32.2 Å². The Kier molecular flexibility index (Phi) is 5.77. The van der Waals surface area contributed by atoms with E-state index in [4.69, 9.17) is 0 Å². The Hall–Kier alpha value is -3.39. The summed E-state index contributed by atoms with van der Waals surface area (Å²) in [6, 6.07) is 10.4. The van der Waals surface area contributed by atoms with E-state index in [0.717, 1.165) is 59.6 Å². The first kappa shape index (κ1) is 20.5. The van der Waals surface area contributed by atoms with E-state index >= 15 is 0 Å². The van der Waals surface area contributed by atoms with Gasteiger partial charge in [-0.2, -0.15) is 5.10 Å². The van der Waals surface area contributed by atoms with Crippen molar-refractivity contribution in [2.24, 2.45) is 0 Å². The zero-order valence-corrected chi connectivity index (χ0v) is 18.2. The number of aromatic nitrogens is 4. The fourth-order valence-corrected chi connectivity index (χ4v) is 4.90. The van der Waals surface area contributed by atoms with E-state index in [9.17, 15) is 9.18 Å². The molecule has 1 N–H and O–H groups in total. The maximum absolute atomic E-state index is 14.3. The molecule has 1 aromatic carbocycles. The number of amides is 1. The molecule has 6 nitrogen and oxygen atoms in total. The van der Waals surface area contributed by atoms with E-state index in [1.807, 2.05) is 17.5 Å². The molecule has 4 aromatic rings. The molecule has 0 bridgehead atoms. The number of para-hydroxylation sites is 1. The molecule has 0 saturated heterocycles. The van der Waals surface area contributed by atoms with Crippen molar-refractivity contribution < 1.29 is 9.18 Å². The van der Waals surface area contributed by atoms with Gasteiger partial charge in [0.15, 0.2) is 5.69 Å². The number of fused-ring (bicyclic) bond motifs is 1. The lowest BCUT2D eigenvalue weighted by atomic mass is 10.2. The Morgan fingerprint density at radius 2 is 2.00 bits per heavy atom. The number of rotatable bonds is 7. The molecule has 1 aliphatic carbocycles. The summed E-state index contributed by atoms with van der Waals surface area (Å²) >= 11 is 1.62. The molecular formula is C24H22FN5OS. The highest BCUT2D eigenvalue weighted by atomic mass is 32.1. The van der Waals surface area contributed by atoms with Gasteiger partial charge in [0.05, 0.1) is 10.7 Å². The highest BCUT2D eigenvalue weighted by Crippen LogP contribution is 2.28. The van der Waals surface area contributed by atoms with Gasteiger partial charge in [0.25, 0.3) is 5.91 Å². The van der Waals surface area contributed by atoms with Crippen LogP contribution < -0.4 is 5.32 Å². The van der Waals surface area contributed by atoms with Crippen molar-refractivity contribution in [2.75, 3.05) is 6.54 Å². The van der Waals surface area contributed by atoms with Crippen LogP contribution in [0, 0.1) is 5.82 Å². The smallest absolute Gasteiger partial charge is 0.272 e. The quantitative estimate of drug-likeness (QED) is 0.427. The molecule has 0 unspecified atom stereocenters.